The third-order valence-corrected chi connectivity index (χ3v) is 1.68. The number of carbonyl (C=O) groups excluding carboxylic acids is 1. The first-order valence-corrected chi connectivity index (χ1v) is 4.96. The number of amides is 1. The Bertz CT molecular complexity index is 142. The van der Waals surface area contributed by atoms with Crippen LogP contribution in [0.15, 0.2) is 0 Å². The van der Waals surface area contributed by atoms with Gasteiger partial charge in [-0.05, 0) is 19.8 Å². The molecule has 0 saturated heterocycles. The molecule has 0 aliphatic carbocycles. The van der Waals surface area contributed by atoms with E-state index in [9.17, 15) is 4.79 Å². The monoisotopic (exact) mass is 204 g/mol. The van der Waals surface area contributed by atoms with Crippen molar-refractivity contribution in [3.8, 4) is 0 Å². The molecule has 3 N–H and O–H groups in total. The highest BCUT2D eigenvalue weighted by Crippen LogP contribution is 1.95. The molecule has 0 saturated carbocycles. The van der Waals surface area contributed by atoms with Crippen LogP contribution in [0.3, 0.4) is 0 Å². The molecule has 0 radical (unpaired) electrons. The van der Waals surface area contributed by atoms with Crippen molar-refractivity contribution < 1.29 is 14.3 Å². The van der Waals surface area contributed by atoms with Gasteiger partial charge < -0.3 is 9.47 Å². The lowest BCUT2D eigenvalue weighted by atomic mass is 10.2. The van der Waals surface area contributed by atoms with Crippen molar-refractivity contribution in [2.45, 2.75) is 26.2 Å². The summed E-state index contributed by atoms with van der Waals surface area (Å²) in [7, 11) is 0. The van der Waals surface area contributed by atoms with E-state index in [1.807, 2.05) is 6.92 Å². The zero-order valence-corrected chi connectivity index (χ0v) is 8.75. The third kappa shape index (κ3) is 9.44. The topological polar surface area (TPSA) is 73.6 Å². The Labute approximate surface area is 84.9 Å². The molecule has 0 atom stereocenters. The van der Waals surface area contributed by atoms with Crippen molar-refractivity contribution in [3.05, 3.63) is 0 Å². The van der Waals surface area contributed by atoms with E-state index < -0.39 is 0 Å². The molecule has 1 amide bonds. The highest BCUT2D eigenvalue weighted by Gasteiger charge is 1.97. The summed E-state index contributed by atoms with van der Waals surface area (Å²) in [5.41, 5.74) is 2.08. The first-order chi connectivity index (χ1) is 6.81. The lowest BCUT2D eigenvalue weighted by Gasteiger charge is -2.03. The molecule has 0 unspecified atom stereocenters. The average Bonchev–Trinajstić information content (AvgIpc) is 2.21. The van der Waals surface area contributed by atoms with Gasteiger partial charge >= 0.3 is 0 Å². The second kappa shape index (κ2) is 10.4. The smallest absolute Gasteiger partial charge is 0.233 e. The van der Waals surface area contributed by atoms with Gasteiger partial charge in [-0.2, -0.15) is 0 Å². The van der Waals surface area contributed by atoms with Crippen LogP contribution in [0.1, 0.15) is 26.2 Å². The molecule has 0 aromatic rings. The van der Waals surface area contributed by atoms with Crippen molar-refractivity contribution >= 4 is 5.91 Å². The molecular weight excluding hydrogens is 184 g/mol. The molecule has 84 valence electrons. The molecule has 0 aliphatic heterocycles. The van der Waals surface area contributed by atoms with E-state index in [1.54, 1.807) is 0 Å². The zero-order chi connectivity index (χ0) is 10.6. The van der Waals surface area contributed by atoms with E-state index in [4.69, 9.17) is 15.3 Å². The van der Waals surface area contributed by atoms with Crippen LogP contribution >= 0.6 is 0 Å². The van der Waals surface area contributed by atoms with Crippen molar-refractivity contribution in [2.75, 3.05) is 26.4 Å². The lowest BCUT2D eigenvalue weighted by Crippen LogP contribution is -2.29. The SMILES string of the molecule is CCOCCOCCCCC(=O)NN. The summed E-state index contributed by atoms with van der Waals surface area (Å²) in [6.07, 6.45) is 2.14. The normalized spacial score (nSPS) is 10.1. The average molecular weight is 204 g/mol. The van der Waals surface area contributed by atoms with Crippen LogP contribution in [-0.2, 0) is 14.3 Å². The van der Waals surface area contributed by atoms with Crippen LogP contribution in [0.4, 0.5) is 0 Å². The van der Waals surface area contributed by atoms with Gasteiger partial charge in [-0.3, -0.25) is 10.2 Å². The van der Waals surface area contributed by atoms with Crippen molar-refractivity contribution in [1.82, 2.24) is 5.43 Å². The Morgan fingerprint density at radius 1 is 1.21 bits per heavy atom. The largest absolute Gasteiger partial charge is 0.379 e. The van der Waals surface area contributed by atoms with Crippen molar-refractivity contribution in [3.63, 3.8) is 0 Å². The number of hydrogen-bond acceptors (Lipinski definition) is 4. The van der Waals surface area contributed by atoms with Gasteiger partial charge in [0.1, 0.15) is 0 Å². The van der Waals surface area contributed by atoms with Crippen LogP contribution in [0.2, 0.25) is 0 Å². The summed E-state index contributed by atoms with van der Waals surface area (Å²) in [6, 6.07) is 0. The minimum absolute atomic E-state index is 0.126. The summed E-state index contributed by atoms with van der Waals surface area (Å²) in [4.78, 5) is 10.7. The van der Waals surface area contributed by atoms with Gasteiger partial charge in [0.2, 0.25) is 5.91 Å². The highest BCUT2D eigenvalue weighted by molar-refractivity contribution is 5.74. The fourth-order valence-electron chi connectivity index (χ4n) is 0.926. The second-order valence-corrected chi connectivity index (χ2v) is 2.83. The molecule has 0 fully saturated rings. The van der Waals surface area contributed by atoms with E-state index in [1.165, 1.54) is 0 Å². The Morgan fingerprint density at radius 3 is 2.57 bits per heavy atom. The third-order valence-electron chi connectivity index (χ3n) is 1.68. The van der Waals surface area contributed by atoms with Gasteiger partial charge in [-0.25, -0.2) is 5.84 Å². The van der Waals surface area contributed by atoms with Crippen LogP contribution in [0.5, 0.6) is 0 Å². The number of carbonyl (C=O) groups is 1. The lowest BCUT2D eigenvalue weighted by molar-refractivity contribution is -0.121. The van der Waals surface area contributed by atoms with Gasteiger partial charge in [-0.1, -0.05) is 0 Å². The van der Waals surface area contributed by atoms with E-state index in [0.29, 0.717) is 26.2 Å². The standard InChI is InChI=1S/C9H20N2O3/c1-2-13-7-8-14-6-4-3-5-9(12)11-10/h2-8,10H2,1H3,(H,11,12). The van der Waals surface area contributed by atoms with Crippen molar-refractivity contribution in [1.29, 1.82) is 0 Å². The molecule has 0 aromatic heterocycles. The molecule has 0 rings (SSSR count). The number of hydrazine groups is 1. The first kappa shape index (κ1) is 13.4. The molecule has 5 heteroatoms. The van der Waals surface area contributed by atoms with Gasteiger partial charge in [0, 0.05) is 19.6 Å². The van der Waals surface area contributed by atoms with Gasteiger partial charge in [-0.15, -0.1) is 0 Å². The number of nitrogens with one attached hydrogen (secondary N) is 1. The minimum atomic E-state index is -0.126. The van der Waals surface area contributed by atoms with Crippen LogP contribution < -0.4 is 11.3 Å². The number of ether oxygens (including phenoxy) is 2. The quantitative estimate of drug-likeness (QED) is 0.243. The first-order valence-electron chi connectivity index (χ1n) is 4.96. The summed E-state index contributed by atoms with van der Waals surface area (Å²) in [6.45, 7) is 4.60. The van der Waals surface area contributed by atoms with Crippen LogP contribution in [-0.4, -0.2) is 32.3 Å². The molecule has 5 nitrogen and oxygen atoms in total. The molecular formula is C9H20N2O3. The second-order valence-electron chi connectivity index (χ2n) is 2.83. The number of hydrogen-bond donors (Lipinski definition) is 2. The fourth-order valence-corrected chi connectivity index (χ4v) is 0.926. The number of rotatable bonds is 9. The number of nitrogens with two attached hydrogens (primary N) is 1. The van der Waals surface area contributed by atoms with Gasteiger partial charge in [0.15, 0.2) is 0 Å². The fraction of sp³-hybridized carbons (Fsp3) is 0.889. The van der Waals surface area contributed by atoms with E-state index in [0.717, 1.165) is 19.4 Å². The van der Waals surface area contributed by atoms with E-state index in [2.05, 4.69) is 5.43 Å². The summed E-state index contributed by atoms with van der Waals surface area (Å²) in [5, 5.41) is 0. The molecule has 0 aromatic carbocycles. The molecule has 14 heavy (non-hydrogen) atoms. The number of unbranched alkanes of at least 4 members (excludes halogenated alkanes) is 1. The Hall–Kier alpha value is -0.650. The molecule has 0 heterocycles. The maximum absolute atomic E-state index is 10.7. The van der Waals surface area contributed by atoms with Crippen molar-refractivity contribution in [2.24, 2.45) is 5.84 Å². The molecule has 0 spiro atoms. The molecule has 0 bridgehead atoms. The van der Waals surface area contributed by atoms with E-state index >= 15 is 0 Å². The molecule has 0 aliphatic rings. The zero-order valence-electron chi connectivity index (χ0n) is 8.75. The predicted octanol–water partition coefficient (Wildman–Crippen LogP) is 0.200. The summed E-state index contributed by atoms with van der Waals surface area (Å²) >= 11 is 0. The minimum Gasteiger partial charge on any atom is -0.379 e. The van der Waals surface area contributed by atoms with Crippen LogP contribution in [0.25, 0.3) is 0 Å². The maximum atomic E-state index is 10.7. The summed E-state index contributed by atoms with van der Waals surface area (Å²) in [5.74, 6) is 4.79. The van der Waals surface area contributed by atoms with E-state index in [-0.39, 0.29) is 5.91 Å². The Morgan fingerprint density at radius 2 is 1.93 bits per heavy atom. The van der Waals surface area contributed by atoms with Gasteiger partial charge in [0.25, 0.3) is 0 Å². The maximum Gasteiger partial charge on any atom is 0.233 e. The Balaban J connectivity index is 2.95. The summed E-state index contributed by atoms with van der Waals surface area (Å²) < 4.78 is 10.4. The van der Waals surface area contributed by atoms with Crippen LogP contribution in [0, 0.1) is 0 Å². The van der Waals surface area contributed by atoms with Gasteiger partial charge in [0.05, 0.1) is 13.2 Å². The Kier molecular flexibility index (Phi) is 9.95. The highest BCUT2D eigenvalue weighted by atomic mass is 16.5. The predicted molar refractivity (Wildman–Crippen MR) is 53.5 cm³/mol.